The molecule has 0 aliphatic rings. The van der Waals surface area contributed by atoms with Crippen molar-refractivity contribution < 1.29 is 9.90 Å². The number of benzene rings is 1. The third-order valence-corrected chi connectivity index (χ3v) is 4.89. The molecule has 0 radical (unpaired) electrons. The second-order valence-electron chi connectivity index (χ2n) is 7.50. The summed E-state index contributed by atoms with van der Waals surface area (Å²) in [7, 11) is 2.08. The van der Waals surface area contributed by atoms with Gasteiger partial charge < -0.3 is 15.0 Å². The number of hydrogen-bond donors (Lipinski definition) is 2. The molecule has 1 aromatic heterocycles. The lowest BCUT2D eigenvalue weighted by atomic mass is 10.1. The number of imidazole rings is 1. The molecule has 0 saturated carbocycles. The largest absolute Gasteiger partial charge is 0.480 e. The molecule has 0 spiro atoms. The average molecular weight is 402 g/mol. The molecule has 5 heteroatoms. The van der Waals surface area contributed by atoms with Crippen LogP contribution in [-0.4, -0.2) is 27.2 Å². The summed E-state index contributed by atoms with van der Waals surface area (Å²) in [6.07, 6.45) is 19.1. The van der Waals surface area contributed by atoms with Crippen LogP contribution in [0.4, 0.5) is 5.69 Å². The van der Waals surface area contributed by atoms with Gasteiger partial charge in [-0.15, -0.1) is 0 Å². The second-order valence-corrected chi connectivity index (χ2v) is 7.50. The zero-order valence-corrected chi connectivity index (χ0v) is 18.3. The Balaban J connectivity index is 0.000000326. The molecular formula is C24H39N3O2. The second kappa shape index (κ2) is 16.6. The molecule has 29 heavy (non-hydrogen) atoms. The molecule has 1 aromatic carbocycles. The highest BCUT2D eigenvalue weighted by molar-refractivity contribution is 5.72. The Kier molecular flexibility index (Phi) is 14.2. The van der Waals surface area contributed by atoms with Crippen molar-refractivity contribution in [1.29, 1.82) is 0 Å². The molecule has 0 bridgehead atoms. The lowest BCUT2D eigenvalue weighted by Gasteiger charge is -2.03. The summed E-state index contributed by atoms with van der Waals surface area (Å²) in [5, 5.41) is 11.1. The van der Waals surface area contributed by atoms with E-state index in [0.29, 0.717) is 0 Å². The van der Waals surface area contributed by atoms with E-state index in [1.807, 2.05) is 42.7 Å². The Morgan fingerprint density at radius 1 is 0.966 bits per heavy atom. The van der Waals surface area contributed by atoms with Crippen LogP contribution in [0.2, 0.25) is 0 Å². The Labute approximate surface area is 176 Å². The van der Waals surface area contributed by atoms with Gasteiger partial charge in [-0.05, 0) is 18.6 Å². The third-order valence-electron chi connectivity index (χ3n) is 4.89. The van der Waals surface area contributed by atoms with Crippen LogP contribution in [0.1, 0.15) is 77.0 Å². The van der Waals surface area contributed by atoms with Crippen LogP contribution in [0, 0.1) is 0 Å². The van der Waals surface area contributed by atoms with Crippen molar-refractivity contribution in [2.75, 3.05) is 11.9 Å². The average Bonchev–Trinajstić information content (AvgIpc) is 3.14. The van der Waals surface area contributed by atoms with Gasteiger partial charge in [-0.3, -0.25) is 4.79 Å². The fraction of sp³-hybridized carbons (Fsp3) is 0.583. The monoisotopic (exact) mass is 401 g/mol. The molecule has 0 fully saturated rings. The number of rotatable bonds is 14. The molecule has 0 aliphatic heterocycles. The number of carboxylic acid groups (broad SMARTS) is 1. The van der Waals surface area contributed by atoms with Crippen molar-refractivity contribution in [1.82, 2.24) is 9.55 Å². The van der Waals surface area contributed by atoms with Crippen LogP contribution >= 0.6 is 0 Å². The predicted octanol–water partition coefficient (Wildman–Crippen LogP) is 6.07. The molecule has 2 rings (SSSR count). The quantitative estimate of drug-likeness (QED) is 0.377. The summed E-state index contributed by atoms with van der Waals surface area (Å²) in [5.41, 5.74) is 0.829. The van der Waals surface area contributed by atoms with Crippen molar-refractivity contribution >= 4 is 11.7 Å². The number of hydrogen-bond acceptors (Lipinski definition) is 3. The number of anilines is 1. The van der Waals surface area contributed by atoms with Gasteiger partial charge in [-0.25, -0.2) is 4.98 Å². The van der Waals surface area contributed by atoms with Gasteiger partial charge in [0.25, 0.3) is 0 Å². The highest BCUT2D eigenvalue weighted by atomic mass is 16.4. The minimum atomic E-state index is -0.853. The fourth-order valence-electron chi connectivity index (χ4n) is 3.14. The number of unbranched alkanes of at least 4 members (excludes halogenated alkanes) is 9. The van der Waals surface area contributed by atoms with E-state index in [4.69, 9.17) is 5.11 Å². The van der Waals surface area contributed by atoms with Crippen LogP contribution in [0.5, 0.6) is 0 Å². The number of para-hydroxylation sites is 1. The zero-order chi connectivity index (χ0) is 21.2. The van der Waals surface area contributed by atoms with E-state index in [1.54, 1.807) is 0 Å². The number of carbonyl (C=O) groups is 1. The summed E-state index contributed by atoms with van der Waals surface area (Å²) in [6.45, 7) is 2.24. The molecular weight excluding hydrogens is 362 g/mol. The van der Waals surface area contributed by atoms with Crippen molar-refractivity contribution in [2.24, 2.45) is 7.05 Å². The number of aliphatic carboxylic acids is 1. The summed E-state index contributed by atoms with van der Waals surface area (Å²) < 4.78 is 2.13. The highest BCUT2D eigenvalue weighted by Gasteiger charge is 1.98. The summed E-state index contributed by atoms with van der Waals surface area (Å²) in [4.78, 5) is 14.5. The molecule has 1 heterocycles. The van der Waals surface area contributed by atoms with E-state index in [2.05, 4.69) is 28.8 Å². The van der Waals surface area contributed by atoms with Gasteiger partial charge in [0.2, 0.25) is 0 Å². The van der Waals surface area contributed by atoms with E-state index < -0.39 is 5.97 Å². The van der Waals surface area contributed by atoms with Crippen LogP contribution < -0.4 is 5.32 Å². The smallest absolute Gasteiger partial charge is 0.322 e. The van der Waals surface area contributed by atoms with E-state index in [9.17, 15) is 4.79 Å². The molecule has 0 aliphatic carbocycles. The first kappa shape index (κ1) is 24.7. The van der Waals surface area contributed by atoms with Crippen molar-refractivity contribution in [3.05, 3.63) is 48.5 Å². The Morgan fingerprint density at radius 3 is 2.07 bits per heavy atom. The van der Waals surface area contributed by atoms with Crippen molar-refractivity contribution in [3.63, 3.8) is 0 Å². The predicted molar refractivity (Wildman–Crippen MR) is 121 cm³/mol. The Morgan fingerprint density at radius 2 is 1.55 bits per heavy atom. The van der Waals surface area contributed by atoms with Gasteiger partial charge in [-0.1, -0.05) is 82.9 Å². The SMILES string of the molecule is CCCCCCCCCCCCc1nccn1C.O=C(O)CNc1ccccc1. The number of aryl methyl sites for hydroxylation is 2. The zero-order valence-electron chi connectivity index (χ0n) is 18.3. The third kappa shape index (κ3) is 13.5. The molecule has 5 nitrogen and oxygen atoms in total. The van der Waals surface area contributed by atoms with E-state index in [-0.39, 0.29) is 6.54 Å². The first-order chi connectivity index (χ1) is 14.1. The fourth-order valence-corrected chi connectivity index (χ4v) is 3.14. The van der Waals surface area contributed by atoms with Crippen LogP contribution in [-0.2, 0) is 18.3 Å². The van der Waals surface area contributed by atoms with Gasteiger partial charge in [-0.2, -0.15) is 0 Å². The lowest BCUT2D eigenvalue weighted by molar-refractivity contribution is -0.134. The first-order valence-electron chi connectivity index (χ1n) is 11.1. The molecule has 0 amide bonds. The number of aromatic nitrogens is 2. The minimum Gasteiger partial charge on any atom is -0.480 e. The summed E-state index contributed by atoms with van der Waals surface area (Å²) >= 11 is 0. The molecule has 0 saturated heterocycles. The highest BCUT2D eigenvalue weighted by Crippen LogP contribution is 2.11. The van der Waals surface area contributed by atoms with Gasteiger partial charge in [0.1, 0.15) is 12.4 Å². The number of carboxylic acids is 1. The maximum atomic E-state index is 10.1. The Bertz CT molecular complexity index is 641. The minimum absolute atomic E-state index is 0.0377. The Hall–Kier alpha value is -2.30. The lowest BCUT2D eigenvalue weighted by Crippen LogP contribution is -2.11. The summed E-state index contributed by atoms with van der Waals surface area (Å²) in [5.74, 6) is 0.378. The standard InChI is InChI=1S/C16H30N2.C8H9NO2/c1-3-4-5-6-7-8-9-10-11-12-13-16-17-14-15-18(16)2;10-8(11)6-9-7-4-2-1-3-5-7/h14-15H,3-13H2,1-2H3;1-5,9H,6H2,(H,10,11). The van der Waals surface area contributed by atoms with E-state index >= 15 is 0 Å². The number of nitrogens with zero attached hydrogens (tertiary/aromatic N) is 2. The van der Waals surface area contributed by atoms with E-state index in [1.165, 1.54) is 70.0 Å². The topological polar surface area (TPSA) is 67.2 Å². The van der Waals surface area contributed by atoms with Crippen LogP contribution in [0.25, 0.3) is 0 Å². The molecule has 162 valence electrons. The van der Waals surface area contributed by atoms with Gasteiger partial charge in [0.15, 0.2) is 0 Å². The van der Waals surface area contributed by atoms with Gasteiger partial charge in [0, 0.05) is 31.5 Å². The molecule has 2 N–H and O–H groups in total. The van der Waals surface area contributed by atoms with E-state index in [0.717, 1.165) is 12.1 Å². The number of nitrogens with one attached hydrogen (secondary N) is 1. The van der Waals surface area contributed by atoms with Crippen molar-refractivity contribution in [3.8, 4) is 0 Å². The normalized spacial score (nSPS) is 10.3. The molecule has 0 unspecified atom stereocenters. The summed E-state index contributed by atoms with van der Waals surface area (Å²) in [6, 6.07) is 9.23. The van der Waals surface area contributed by atoms with Crippen molar-refractivity contribution in [2.45, 2.75) is 77.6 Å². The first-order valence-corrected chi connectivity index (χ1v) is 11.1. The molecule has 2 aromatic rings. The van der Waals surface area contributed by atoms with Crippen LogP contribution in [0.3, 0.4) is 0 Å². The maximum Gasteiger partial charge on any atom is 0.322 e. The van der Waals surface area contributed by atoms with Gasteiger partial charge in [0.05, 0.1) is 0 Å². The van der Waals surface area contributed by atoms with Gasteiger partial charge >= 0.3 is 5.97 Å². The maximum absolute atomic E-state index is 10.1. The van der Waals surface area contributed by atoms with Crippen LogP contribution in [0.15, 0.2) is 42.7 Å². The molecule has 0 atom stereocenters.